The summed E-state index contributed by atoms with van der Waals surface area (Å²) in [4.78, 5) is 16.0. The van der Waals surface area contributed by atoms with Crippen LogP contribution in [0.3, 0.4) is 0 Å². The molecule has 5 heteroatoms. The molecule has 0 spiro atoms. The minimum Gasteiger partial charge on any atom is -0.493 e. The molecule has 0 fully saturated rings. The number of nitrogens with one attached hydrogen (secondary N) is 1. The number of unbranched alkanes of at least 4 members (excludes halogenated alkanes) is 3. The Morgan fingerprint density at radius 2 is 2.17 bits per heavy atom. The number of carbonyl (C=O) groups is 1. The highest BCUT2D eigenvalue weighted by Crippen LogP contribution is 2.32. The van der Waals surface area contributed by atoms with E-state index in [0.29, 0.717) is 19.6 Å². The van der Waals surface area contributed by atoms with Gasteiger partial charge in [0.15, 0.2) is 0 Å². The number of thiazole rings is 1. The van der Waals surface area contributed by atoms with Crippen molar-refractivity contribution in [2.24, 2.45) is 0 Å². The van der Waals surface area contributed by atoms with E-state index in [1.165, 1.54) is 19.3 Å². The molecule has 124 valence electrons. The SMILES string of the molecule is CCCCCCOc1cc(-c2scnc2C)ccc1CNC=O. The van der Waals surface area contributed by atoms with Crippen LogP contribution in [0.15, 0.2) is 23.7 Å². The van der Waals surface area contributed by atoms with Gasteiger partial charge in [0, 0.05) is 12.1 Å². The molecule has 1 heterocycles. The van der Waals surface area contributed by atoms with Crippen LogP contribution in [0.2, 0.25) is 0 Å². The Morgan fingerprint density at radius 3 is 2.87 bits per heavy atom. The number of carbonyl (C=O) groups excluding carboxylic acids is 1. The lowest BCUT2D eigenvalue weighted by Gasteiger charge is -2.13. The second-order valence-electron chi connectivity index (χ2n) is 5.50. The number of hydrogen-bond donors (Lipinski definition) is 1. The fraction of sp³-hybridized carbons (Fsp3) is 0.444. The molecule has 0 saturated carbocycles. The second kappa shape index (κ2) is 9.30. The lowest BCUT2D eigenvalue weighted by atomic mass is 10.1. The smallest absolute Gasteiger partial charge is 0.207 e. The summed E-state index contributed by atoms with van der Waals surface area (Å²) in [5.41, 5.74) is 5.00. The van der Waals surface area contributed by atoms with Gasteiger partial charge in [0.25, 0.3) is 0 Å². The molecule has 0 saturated heterocycles. The zero-order valence-electron chi connectivity index (χ0n) is 13.8. The molecule has 0 aliphatic heterocycles. The first-order valence-electron chi connectivity index (χ1n) is 8.09. The van der Waals surface area contributed by atoms with E-state index in [2.05, 4.69) is 29.4 Å². The first kappa shape index (κ1) is 17.5. The van der Waals surface area contributed by atoms with E-state index in [9.17, 15) is 4.79 Å². The molecule has 0 aliphatic carbocycles. The number of nitrogens with zero attached hydrogens (tertiary/aromatic N) is 1. The van der Waals surface area contributed by atoms with Crippen molar-refractivity contribution in [3.63, 3.8) is 0 Å². The van der Waals surface area contributed by atoms with Crippen LogP contribution >= 0.6 is 11.3 Å². The van der Waals surface area contributed by atoms with Crippen LogP contribution in [0.25, 0.3) is 10.4 Å². The van der Waals surface area contributed by atoms with E-state index < -0.39 is 0 Å². The Balaban J connectivity index is 2.13. The molecule has 1 N–H and O–H groups in total. The van der Waals surface area contributed by atoms with Crippen molar-refractivity contribution in [3.8, 4) is 16.2 Å². The zero-order chi connectivity index (χ0) is 16.5. The maximum Gasteiger partial charge on any atom is 0.207 e. The summed E-state index contributed by atoms with van der Waals surface area (Å²) >= 11 is 1.63. The molecular formula is C18H24N2O2S. The molecule has 1 aromatic carbocycles. The predicted molar refractivity (Wildman–Crippen MR) is 94.8 cm³/mol. The Morgan fingerprint density at radius 1 is 1.30 bits per heavy atom. The summed E-state index contributed by atoms with van der Waals surface area (Å²) in [7, 11) is 0. The van der Waals surface area contributed by atoms with Gasteiger partial charge in [-0.15, -0.1) is 11.3 Å². The summed E-state index contributed by atoms with van der Waals surface area (Å²) in [5, 5.41) is 2.71. The normalized spacial score (nSPS) is 10.5. The third-order valence-electron chi connectivity index (χ3n) is 3.71. The minimum absolute atomic E-state index is 0.482. The average Bonchev–Trinajstić information content (AvgIpc) is 2.99. The van der Waals surface area contributed by atoms with Gasteiger partial charge in [-0.2, -0.15) is 0 Å². The molecule has 4 nitrogen and oxygen atoms in total. The maximum absolute atomic E-state index is 10.6. The van der Waals surface area contributed by atoms with Crippen molar-refractivity contribution in [2.75, 3.05) is 6.61 Å². The van der Waals surface area contributed by atoms with Crippen LogP contribution in [0.5, 0.6) is 5.75 Å². The van der Waals surface area contributed by atoms with E-state index in [4.69, 9.17) is 4.74 Å². The van der Waals surface area contributed by atoms with Crippen molar-refractivity contribution >= 4 is 17.7 Å². The Kier molecular flexibility index (Phi) is 7.07. The molecule has 1 amide bonds. The summed E-state index contributed by atoms with van der Waals surface area (Å²) in [6.07, 6.45) is 5.41. The minimum atomic E-state index is 0.482. The van der Waals surface area contributed by atoms with Crippen molar-refractivity contribution in [3.05, 3.63) is 35.0 Å². The van der Waals surface area contributed by atoms with Gasteiger partial charge in [-0.05, 0) is 25.0 Å². The standard InChI is InChI=1S/C18H24N2O2S/c1-3-4-5-6-9-22-17-10-15(18-14(2)20-13-23-18)7-8-16(17)11-19-12-21/h7-8,10,12-13H,3-6,9,11H2,1-2H3,(H,19,21). The van der Waals surface area contributed by atoms with Gasteiger partial charge in [-0.1, -0.05) is 38.3 Å². The van der Waals surface area contributed by atoms with Crippen LogP contribution < -0.4 is 10.1 Å². The Hall–Kier alpha value is -1.88. The molecule has 0 atom stereocenters. The molecular weight excluding hydrogens is 308 g/mol. The molecule has 1 aromatic heterocycles. The van der Waals surface area contributed by atoms with Gasteiger partial charge in [-0.3, -0.25) is 4.79 Å². The quantitative estimate of drug-likeness (QED) is 0.520. The third-order valence-corrected chi connectivity index (χ3v) is 4.68. The maximum atomic E-state index is 10.6. The van der Waals surface area contributed by atoms with Gasteiger partial charge < -0.3 is 10.1 Å². The third kappa shape index (κ3) is 5.06. The van der Waals surface area contributed by atoms with E-state index in [0.717, 1.165) is 33.9 Å². The number of aromatic nitrogens is 1. The largest absolute Gasteiger partial charge is 0.493 e. The zero-order valence-corrected chi connectivity index (χ0v) is 14.6. The van der Waals surface area contributed by atoms with Crippen LogP contribution in [-0.4, -0.2) is 18.0 Å². The monoisotopic (exact) mass is 332 g/mol. The number of ether oxygens (including phenoxy) is 1. The molecule has 0 aliphatic rings. The average molecular weight is 332 g/mol. The van der Waals surface area contributed by atoms with Gasteiger partial charge >= 0.3 is 0 Å². The fourth-order valence-corrected chi connectivity index (χ4v) is 3.22. The van der Waals surface area contributed by atoms with Crippen LogP contribution in [0.4, 0.5) is 0 Å². The summed E-state index contributed by atoms with van der Waals surface area (Å²) in [5.74, 6) is 0.848. The van der Waals surface area contributed by atoms with Crippen molar-refractivity contribution in [1.29, 1.82) is 0 Å². The molecule has 0 radical (unpaired) electrons. The molecule has 23 heavy (non-hydrogen) atoms. The number of hydrogen-bond acceptors (Lipinski definition) is 4. The van der Waals surface area contributed by atoms with E-state index in [1.54, 1.807) is 11.3 Å². The predicted octanol–water partition coefficient (Wildman–Crippen LogP) is 4.32. The van der Waals surface area contributed by atoms with Gasteiger partial charge in [-0.25, -0.2) is 4.98 Å². The van der Waals surface area contributed by atoms with Gasteiger partial charge in [0.1, 0.15) is 5.75 Å². The lowest BCUT2D eigenvalue weighted by molar-refractivity contribution is -0.109. The van der Waals surface area contributed by atoms with Crippen LogP contribution in [0, 0.1) is 6.92 Å². The highest BCUT2D eigenvalue weighted by molar-refractivity contribution is 7.13. The van der Waals surface area contributed by atoms with Crippen LogP contribution in [0.1, 0.15) is 43.9 Å². The first-order chi connectivity index (χ1) is 11.3. The highest BCUT2D eigenvalue weighted by atomic mass is 32.1. The number of amides is 1. The highest BCUT2D eigenvalue weighted by Gasteiger charge is 2.10. The Labute approximate surface area is 141 Å². The van der Waals surface area contributed by atoms with E-state index >= 15 is 0 Å². The molecule has 2 aromatic rings. The Bertz CT molecular complexity index is 625. The topological polar surface area (TPSA) is 51.2 Å². The number of rotatable bonds is 10. The van der Waals surface area contributed by atoms with Gasteiger partial charge in [0.2, 0.25) is 6.41 Å². The fourth-order valence-electron chi connectivity index (χ4n) is 2.42. The van der Waals surface area contributed by atoms with E-state index in [1.807, 2.05) is 18.5 Å². The van der Waals surface area contributed by atoms with Crippen LogP contribution in [-0.2, 0) is 11.3 Å². The van der Waals surface area contributed by atoms with Crippen molar-refractivity contribution in [1.82, 2.24) is 10.3 Å². The molecule has 0 bridgehead atoms. The summed E-state index contributed by atoms with van der Waals surface area (Å²) in [6, 6.07) is 6.14. The number of aryl methyl sites for hydroxylation is 1. The first-order valence-corrected chi connectivity index (χ1v) is 8.97. The summed E-state index contributed by atoms with van der Waals surface area (Å²) < 4.78 is 5.99. The van der Waals surface area contributed by atoms with Gasteiger partial charge in [0.05, 0.1) is 22.7 Å². The molecule has 2 rings (SSSR count). The van der Waals surface area contributed by atoms with Crippen molar-refractivity contribution in [2.45, 2.75) is 46.1 Å². The molecule has 0 unspecified atom stereocenters. The van der Waals surface area contributed by atoms with E-state index in [-0.39, 0.29) is 0 Å². The number of benzene rings is 1. The lowest BCUT2D eigenvalue weighted by Crippen LogP contribution is -2.11. The van der Waals surface area contributed by atoms with Crippen molar-refractivity contribution < 1.29 is 9.53 Å². The second-order valence-corrected chi connectivity index (χ2v) is 6.35. The summed E-state index contributed by atoms with van der Waals surface area (Å²) in [6.45, 7) is 5.40.